The number of ether oxygens (including phenoxy) is 1. The Morgan fingerprint density at radius 3 is 1.51 bits per heavy atom. The number of amides is 12. The first-order valence-corrected chi connectivity index (χ1v) is 32.2. The summed E-state index contributed by atoms with van der Waals surface area (Å²) in [6.45, 7) is 30.6. The van der Waals surface area contributed by atoms with Crippen LogP contribution in [0, 0.1) is 40.9 Å². The number of hydrogen-bond acceptors (Lipinski definition) is 14. The third-order valence-electron chi connectivity index (χ3n) is 17.4. The first kappa shape index (κ1) is 79.5. The molecule has 0 saturated carbocycles. The van der Waals surface area contributed by atoms with Crippen LogP contribution in [-0.4, -0.2) is 234 Å². The summed E-state index contributed by atoms with van der Waals surface area (Å²) in [4.78, 5) is 188. The van der Waals surface area contributed by atoms with Gasteiger partial charge in [-0.1, -0.05) is 117 Å². The van der Waals surface area contributed by atoms with E-state index in [1.165, 1.54) is 89.7 Å². The highest BCUT2D eigenvalue weighted by Gasteiger charge is 2.55. The number of unbranched alkanes of at least 4 members (excludes halogenated alkanes) is 1. The van der Waals surface area contributed by atoms with Gasteiger partial charge in [0.25, 0.3) is 5.91 Å². The molecule has 12 amide bonds. The summed E-state index contributed by atoms with van der Waals surface area (Å²) in [5.41, 5.74) is -1.39. The molecule has 26 heteroatoms. The number of hydroxylamine groups is 2. The van der Waals surface area contributed by atoms with Gasteiger partial charge in [0.2, 0.25) is 59.1 Å². The summed E-state index contributed by atoms with van der Waals surface area (Å²) in [6, 6.07) is -13.9. The molecule has 2 fully saturated rings. The zero-order valence-electron chi connectivity index (χ0n) is 58.9. The predicted molar refractivity (Wildman–Crippen MR) is 341 cm³/mol. The summed E-state index contributed by atoms with van der Waals surface area (Å²) in [7, 11) is 9.82. The summed E-state index contributed by atoms with van der Waals surface area (Å²) in [6.07, 6.45) is 1.04. The number of carbonyl (C=O) groups excluding carboxylic acids is 12. The van der Waals surface area contributed by atoms with Crippen LogP contribution in [0.2, 0.25) is 0 Å². The molecular formula is C64H114N12O14. The summed E-state index contributed by atoms with van der Waals surface area (Å²) in [5.74, 6) is -9.66. The highest BCUT2D eigenvalue weighted by atomic mass is 16.7. The number of nitrogens with one attached hydrogen (secondary N) is 5. The Labute approximate surface area is 536 Å². The largest absolute Gasteiger partial charge is 0.449 e. The number of hydrogen-bond donors (Lipinski definition) is 5. The van der Waals surface area contributed by atoms with Crippen LogP contribution in [0.4, 0.5) is 4.79 Å². The topological polar surface area (TPSA) is 306 Å². The van der Waals surface area contributed by atoms with Crippen molar-refractivity contribution in [2.45, 2.75) is 242 Å². The van der Waals surface area contributed by atoms with Gasteiger partial charge in [-0.05, 0) is 88.4 Å². The highest BCUT2D eigenvalue weighted by Crippen LogP contribution is 2.35. The molecule has 13 atom stereocenters. The molecule has 5 N–H and O–H groups in total. The van der Waals surface area contributed by atoms with E-state index in [2.05, 4.69) is 26.6 Å². The van der Waals surface area contributed by atoms with Gasteiger partial charge in [-0.3, -0.25) is 57.6 Å². The van der Waals surface area contributed by atoms with Gasteiger partial charge < -0.3 is 60.7 Å². The molecule has 0 aromatic heterocycles. The minimum absolute atomic E-state index is 0.0290. The zero-order chi connectivity index (χ0) is 69.5. The average Bonchev–Trinajstić information content (AvgIpc) is 0.786. The minimum Gasteiger partial charge on any atom is -0.449 e. The molecule has 0 unspecified atom stereocenters. The lowest BCUT2D eigenvalue weighted by Crippen LogP contribution is -2.72. The number of alkyl carbamates (subject to hydrolysis) is 1. The fraction of sp³-hybridized carbons (Fsp3) is 0.812. The second-order valence-corrected chi connectivity index (χ2v) is 27.7. The summed E-state index contributed by atoms with van der Waals surface area (Å²) in [5, 5.41) is 14.4. The smallest absolute Gasteiger partial charge is 0.406 e. The van der Waals surface area contributed by atoms with Crippen molar-refractivity contribution in [3.8, 4) is 0 Å². The van der Waals surface area contributed by atoms with Gasteiger partial charge in [0.05, 0.1) is 0 Å². The van der Waals surface area contributed by atoms with Gasteiger partial charge in [-0.15, -0.1) is 0 Å². The van der Waals surface area contributed by atoms with E-state index in [0.717, 1.165) is 27.7 Å². The first-order chi connectivity index (χ1) is 41.6. The third-order valence-corrected chi connectivity index (χ3v) is 17.4. The van der Waals surface area contributed by atoms with Crippen LogP contribution in [0.3, 0.4) is 0 Å². The Morgan fingerprint density at radius 2 is 1.03 bits per heavy atom. The van der Waals surface area contributed by atoms with Gasteiger partial charge in [-0.25, -0.2) is 9.86 Å². The zero-order valence-corrected chi connectivity index (χ0v) is 58.9. The van der Waals surface area contributed by atoms with Gasteiger partial charge in [0.1, 0.15) is 73.1 Å². The molecule has 2 aliphatic rings. The van der Waals surface area contributed by atoms with Crippen LogP contribution in [-0.2, 0) is 62.3 Å². The average molecular weight is 1280 g/mol. The SMILES string of the molecule is CCCC[C@@H](C)[C@H]1ON2C(=O)[C@H](C(C)C)N(C)C(=O)[C@H](CC(C)C)N(C)C(=O)[C@H](CC(C)C)N(C)C(=O)[C@@H](C)NC(=O)[C@H](C)NC(=O)[C@H](CC(C)C)N(C)C(=O)[C@H](C(C)C)NC(=O)[C@H](C(C)(C)COC(=O)NC)N(C)C(=O)[C@@H](C)N(C)C(=O)[C@H](CC)NC(=O)[C@H]12. The van der Waals surface area contributed by atoms with Gasteiger partial charge >= 0.3 is 6.09 Å². The second kappa shape index (κ2) is 34.7. The van der Waals surface area contributed by atoms with Crippen molar-refractivity contribution in [3.05, 3.63) is 0 Å². The van der Waals surface area contributed by atoms with Crippen molar-refractivity contribution in [2.24, 2.45) is 40.9 Å². The molecule has 2 saturated heterocycles. The fourth-order valence-corrected chi connectivity index (χ4v) is 11.7. The molecule has 26 nitrogen and oxygen atoms in total. The molecule has 0 aliphatic carbocycles. The number of carbonyl (C=O) groups is 12. The molecule has 90 heavy (non-hydrogen) atoms. The fourth-order valence-electron chi connectivity index (χ4n) is 11.7. The Bertz CT molecular complexity index is 2530. The van der Waals surface area contributed by atoms with Crippen LogP contribution in [0.1, 0.15) is 170 Å². The molecule has 2 rings (SSSR count). The van der Waals surface area contributed by atoms with Crippen LogP contribution in [0.5, 0.6) is 0 Å². The molecule has 0 bridgehead atoms. The van der Waals surface area contributed by atoms with Crippen molar-refractivity contribution in [2.75, 3.05) is 55.9 Å². The van der Waals surface area contributed by atoms with Crippen LogP contribution >= 0.6 is 0 Å². The molecule has 0 radical (unpaired) electrons. The lowest BCUT2D eigenvalue weighted by Gasteiger charge is -2.50. The molecule has 0 spiro atoms. The lowest BCUT2D eigenvalue weighted by atomic mass is 9.83. The molecular weight excluding hydrogens is 1160 g/mol. The third kappa shape index (κ3) is 20.2. The number of nitrogens with zero attached hydrogens (tertiary/aromatic N) is 7. The molecule has 2 aliphatic heterocycles. The summed E-state index contributed by atoms with van der Waals surface area (Å²) >= 11 is 0. The van der Waals surface area contributed by atoms with E-state index in [4.69, 9.17) is 9.57 Å². The Balaban J connectivity index is 3.03. The van der Waals surface area contributed by atoms with Crippen molar-refractivity contribution in [1.29, 1.82) is 0 Å². The van der Waals surface area contributed by atoms with Crippen molar-refractivity contribution in [3.63, 3.8) is 0 Å². The van der Waals surface area contributed by atoms with Crippen molar-refractivity contribution >= 4 is 71.1 Å². The molecule has 0 aromatic carbocycles. The standard InChI is InChI=1S/C64H114N12O14/c1-26-28-29-39(13)50-49-54(79)68-43(27-2)58(83)70(20)42(16)57(82)75(25)51(64(17,18)33-89-63(88)65-19)55(80)69-47(37(9)10)61(86)71(21)44(30-34(3)4)53(78)66-40(14)52(77)67-41(15)56(81)72(22)45(31-35(5)6)59(84)73(23)46(32-36(7)8)60(85)74(24)48(38(11)12)62(87)76(49)90-50/h34-51H,26-33H2,1-25H3,(H,65,88)(H,66,78)(H,67,77)(H,68,79)(H,69,80)/t39-,40+,41-,42-,43+,44+,45+,46+,47+,48+,49+,50-,51-/m1/s1. The Hall–Kier alpha value is -6.60. The van der Waals surface area contributed by atoms with Gasteiger partial charge in [0, 0.05) is 54.7 Å². The maximum Gasteiger partial charge on any atom is 0.406 e. The van der Waals surface area contributed by atoms with Gasteiger partial charge in [0.15, 0.2) is 6.04 Å². The lowest BCUT2D eigenvalue weighted by molar-refractivity contribution is -0.322. The molecule has 514 valence electrons. The maximum atomic E-state index is 15.1. The van der Waals surface area contributed by atoms with E-state index in [-0.39, 0.29) is 49.4 Å². The number of fused-ring (bicyclic) bond motifs is 1. The quantitative estimate of drug-likeness (QED) is 0.148. The van der Waals surface area contributed by atoms with Crippen LogP contribution in [0.25, 0.3) is 0 Å². The Kier molecular flexibility index (Phi) is 30.7. The minimum atomic E-state index is -1.50. The first-order valence-electron chi connectivity index (χ1n) is 32.2. The predicted octanol–water partition coefficient (Wildman–Crippen LogP) is 3.54. The van der Waals surface area contributed by atoms with E-state index in [0.29, 0.717) is 6.42 Å². The van der Waals surface area contributed by atoms with Crippen LogP contribution in [0.15, 0.2) is 0 Å². The van der Waals surface area contributed by atoms with E-state index in [9.17, 15) is 43.2 Å². The highest BCUT2D eigenvalue weighted by molar-refractivity contribution is 6.00. The van der Waals surface area contributed by atoms with Crippen molar-refractivity contribution in [1.82, 2.24) is 61.0 Å². The Morgan fingerprint density at radius 1 is 0.544 bits per heavy atom. The maximum absolute atomic E-state index is 15.1. The summed E-state index contributed by atoms with van der Waals surface area (Å²) < 4.78 is 5.46. The molecule has 2 heterocycles. The number of rotatable bonds is 16. The van der Waals surface area contributed by atoms with E-state index in [1.807, 2.05) is 55.4 Å². The van der Waals surface area contributed by atoms with Crippen LogP contribution < -0.4 is 26.6 Å². The van der Waals surface area contributed by atoms with E-state index >= 15 is 14.4 Å². The van der Waals surface area contributed by atoms with Crippen molar-refractivity contribution < 1.29 is 67.1 Å². The normalized spacial score (nSPS) is 27.8. The number of likely N-dealkylation sites (N-methyl/N-ethyl adjacent to an activating group) is 6. The molecule has 0 aromatic rings. The second-order valence-electron chi connectivity index (χ2n) is 27.7. The van der Waals surface area contributed by atoms with Gasteiger partial charge in [-0.2, -0.15) is 0 Å². The van der Waals surface area contributed by atoms with E-state index in [1.54, 1.807) is 48.5 Å². The van der Waals surface area contributed by atoms with E-state index < -0.39 is 167 Å². The monoisotopic (exact) mass is 1270 g/mol.